The molecule has 186 valence electrons. The van der Waals surface area contributed by atoms with Crippen LogP contribution in [0.15, 0.2) is 48.5 Å². The number of hydrogen-bond acceptors (Lipinski definition) is 4. The van der Waals surface area contributed by atoms with Crippen molar-refractivity contribution in [2.45, 2.75) is 69.9 Å². The molecule has 3 atom stereocenters. The van der Waals surface area contributed by atoms with Gasteiger partial charge in [-0.05, 0) is 47.4 Å². The zero-order valence-electron chi connectivity index (χ0n) is 20.4. The van der Waals surface area contributed by atoms with Crippen LogP contribution in [-0.2, 0) is 14.3 Å². The first-order valence-corrected chi connectivity index (χ1v) is 12.5. The Balaban J connectivity index is 1.41. The summed E-state index contributed by atoms with van der Waals surface area (Å²) >= 11 is 0. The summed E-state index contributed by atoms with van der Waals surface area (Å²) in [6, 6.07) is 15.3. The minimum absolute atomic E-state index is 0.0781. The molecule has 0 aliphatic heterocycles. The van der Waals surface area contributed by atoms with E-state index in [0.29, 0.717) is 25.7 Å². The van der Waals surface area contributed by atoms with Crippen LogP contribution < -0.4 is 10.6 Å². The van der Waals surface area contributed by atoms with Gasteiger partial charge in [-0.25, -0.2) is 9.59 Å². The maximum absolute atomic E-state index is 13.1. The highest BCUT2D eigenvalue weighted by Gasteiger charge is 2.44. The molecule has 1 fully saturated rings. The lowest BCUT2D eigenvalue weighted by molar-refractivity contribution is -0.150. The summed E-state index contributed by atoms with van der Waals surface area (Å²) < 4.78 is 5.60. The molecule has 2 aromatic rings. The van der Waals surface area contributed by atoms with E-state index in [2.05, 4.69) is 22.8 Å². The predicted molar refractivity (Wildman–Crippen MR) is 133 cm³/mol. The fraction of sp³-hybridized carbons (Fsp3) is 0.464. The first-order valence-electron chi connectivity index (χ1n) is 12.5. The van der Waals surface area contributed by atoms with Gasteiger partial charge in [0.25, 0.3) is 0 Å². The van der Waals surface area contributed by atoms with Crippen molar-refractivity contribution in [1.29, 1.82) is 0 Å². The van der Waals surface area contributed by atoms with Gasteiger partial charge in [0, 0.05) is 5.92 Å². The van der Waals surface area contributed by atoms with Crippen LogP contribution in [0.5, 0.6) is 0 Å². The molecule has 0 bridgehead atoms. The molecule has 2 unspecified atom stereocenters. The predicted octanol–water partition coefficient (Wildman–Crippen LogP) is 4.84. The van der Waals surface area contributed by atoms with E-state index in [9.17, 15) is 19.5 Å². The molecule has 0 radical (unpaired) electrons. The zero-order chi connectivity index (χ0) is 25.0. The SMILES string of the molecule is CCC[C@@H](NC(=O)OCC1c2ccccc2-c2ccccc21)C(=O)NC1(C(=O)O)CCCC(C)C1. The standard InChI is InChI=1S/C28H34N2O5/c1-3-9-24(25(31)30-28(26(32)33)15-8-10-18(2)16-28)29-27(34)35-17-23-21-13-6-4-11-19(21)20-12-5-7-14-22(20)23/h4-7,11-14,18,23-24H,3,8-10,15-17H2,1-2H3,(H,29,34)(H,30,31)(H,32,33)/t18?,24-,28?/m1/s1. The largest absolute Gasteiger partial charge is 0.480 e. The van der Waals surface area contributed by atoms with Gasteiger partial charge < -0.3 is 20.5 Å². The molecule has 7 heteroatoms. The van der Waals surface area contributed by atoms with Gasteiger partial charge in [-0.1, -0.05) is 81.6 Å². The zero-order valence-corrected chi connectivity index (χ0v) is 20.4. The molecule has 35 heavy (non-hydrogen) atoms. The number of nitrogens with one attached hydrogen (secondary N) is 2. The second-order valence-electron chi connectivity index (χ2n) is 9.89. The van der Waals surface area contributed by atoms with E-state index < -0.39 is 29.6 Å². The molecule has 2 amide bonds. The van der Waals surface area contributed by atoms with Gasteiger partial charge in [0.2, 0.25) is 5.91 Å². The molecule has 3 N–H and O–H groups in total. The normalized spacial score (nSPS) is 21.9. The molecule has 1 saturated carbocycles. The second-order valence-corrected chi connectivity index (χ2v) is 9.89. The van der Waals surface area contributed by atoms with Gasteiger partial charge in [0.05, 0.1) is 0 Å². The van der Waals surface area contributed by atoms with Crippen LogP contribution in [0.3, 0.4) is 0 Å². The number of hydrogen-bond donors (Lipinski definition) is 3. The minimum Gasteiger partial charge on any atom is -0.480 e. The minimum atomic E-state index is -1.29. The summed E-state index contributed by atoms with van der Waals surface area (Å²) in [5, 5.41) is 15.3. The average molecular weight is 479 g/mol. The van der Waals surface area contributed by atoms with Crippen molar-refractivity contribution in [1.82, 2.24) is 10.6 Å². The molecular weight excluding hydrogens is 444 g/mol. The molecular formula is C28H34N2O5. The third-order valence-corrected chi connectivity index (χ3v) is 7.30. The third kappa shape index (κ3) is 5.19. The Kier molecular flexibility index (Phi) is 7.43. The number of carboxylic acids is 1. The molecule has 0 spiro atoms. The highest BCUT2D eigenvalue weighted by atomic mass is 16.5. The number of rotatable bonds is 8. The molecule has 0 heterocycles. The number of fused-ring (bicyclic) bond motifs is 3. The Morgan fingerprint density at radius 2 is 1.71 bits per heavy atom. The van der Waals surface area contributed by atoms with Crippen LogP contribution in [0, 0.1) is 5.92 Å². The van der Waals surface area contributed by atoms with Gasteiger partial charge >= 0.3 is 12.1 Å². The number of carbonyl (C=O) groups excluding carboxylic acids is 2. The first-order chi connectivity index (χ1) is 16.8. The lowest BCUT2D eigenvalue weighted by Gasteiger charge is -2.38. The number of carboxylic acid groups (broad SMARTS) is 1. The maximum Gasteiger partial charge on any atom is 0.407 e. The van der Waals surface area contributed by atoms with Gasteiger partial charge in [0.15, 0.2) is 0 Å². The van der Waals surface area contributed by atoms with Gasteiger partial charge in [-0.15, -0.1) is 0 Å². The maximum atomic E-state index is 13.1. The van der Waals surface area contributed by atoms with Crippen molar-refractivity contribution >= 4 is 18.0 Å². The number of ether oxygens (including phenoxy) is 1. The van der Waals surface area contributed by atoms with E-state index in [1.54, 1.807) is 0 Å². The number of alkyl carbamates (subject to hydrolysis) is 1. The van der Waals surface area contributed by atoms with Crippen molar-refractivity contribution < 1.29 is 24.2 Å². The van der Waals surface area contributed by atoms with Crippen LogP contribution >= 0.6 is 0 Å². The Morgan fingerprint density at radius 3 is 2.29 bits per heavy atom. The van der Waals surface area contributed by atoms with Crippen molar-refractivity contribution in [2.24, 2.45) is 5.92 Å². The van der Waals surface area contributed by atoms with Crippen LogP contribution in [-0.4, -0.2) is 41.3 Å². The number of carbonyl (C=O) groups is 3. The Morgan fingerprint density at radius 1 is 1.09 bits per heavy atom. The van der Waals surface area contributed by atoms with E-state index in [-0.39, 0.29) is 18.4 Å². The number of aliphatic carboxylic acids is 1. The van der Waals surface area contributed by atoms with Crippen LogP contribution in [0.2, 0.25) is 0 Å². The van der Waals surface area contributed by atoms with Crippen LogP contribution in [0.1, 0.15) is 69.4 Å². The molecule has 0 saturated heterocycles. The van der Waals surface area contributed by atoms with E-state index >= 15 is 0 Å². The fourth-order valence-electron chi connectivity index (χ4n) is 5.58. The van der Waals surface area contributed by atoms with Crippen molar-refractivity contribution in [3.05, 3.63) is 59.7 Å². The summed E-state index contributed by atoms with van der Waals surface area (Å²) in [7, 11) is 0. The quantitative estimate of drug-likeness (QED) is 0.503. The van der Waals surface area contributed by atoms with Crippen molar-refractivity contribution in [3.63, 3.8) is 0 Å². The van der Waals surface area contributed by atoms with Crippen LogP contribution in [0.4, 0.5) is 4.79 Å². The summed E-state index contributed by atoms with van der Waals surface area (Å²) in [4.78, 5) is 37.9. The highest BCUT2D eigenvalue weighted by molar-refractivity contribution is 5.91. The molecule has 2 aliphatic carbocycles. The second kappa shape index (κ2) is 10.5. The molecule has 2 aliphatic rings. The molecule has 2 aromatic carbocycles. The molecule has 7 nitrogen and oxygen atoms in total. The summed E-state index contributed by atoms with van der Waals surface area (Å²) in [5.41, 5.74) is 3.21. The van der Waals surface area contributed by atoms with Crippen molar-refractivity contribution in [3.8, 4) is 11.1 Å². The van der Waals surface area contributed by atoms with Gasteiger partial charge in [-0.3, -0.25) is 4.79 Å². The monoisotopic (exact) mass is 478 g/mol. The number of amides is 2. The molecule has 4 rings (SSSR count). The van der Waals surface area contributed by atoms with Gasteiger partial charge in [-0.2, -0.15) is 0 Å². The Bertz CT molecular complexity index is 1050. The summed E-state index contributed by atoms with van der Waals surface area (Å²) in [5.74, 6) is -1.36. The summed E-state index contributed by atoms with van der Waals surface area (Å²) in [6.45, 7) is 4.06. The Labute approximate surface area is 206 Å². The smallest absolute Gasteiger partial charge is 0.407 e. The lowest BCUT2D eigenvalue weighted by atomic mass is 9.76. The van der Waals surface area contributed by atoms with Crippen molar-refractivity contribution in [2.75, 3.05) is 6.61 Å². The lowest BCUT2D eigenvalue weighted by Crippen LogP contribution is -2.60. The fourth-order valence-corrected chi connectivity index (χ4v) is 5.58. The van der Waals surface area contributed by atoms with Crippen LogP contribution in [0.25, 0.3) is 11.1 Å². The van der Waals surface area contributed by atoms with E-state index in [1.807, 2.05) is 50.2 Å². The Hall–Kier alpha value is -3.35. The highest BCUT2D eigenvalue weighted by Crippen LogP contribution is 2.44. The average Bonchev–Trinajstić information content (AvgIpc) is 3.16. The number of benzene rings is 2. The molecule has 0 aromatic heterocycles. The van der Waals surface area contributed by atoms with E-state index in [1.165, 1.54) is 0 Å². The topological polar surface area (TPSA) is 105 Å². The summed E-state index contributed by atoms with van der Waals surface area (Å²) in [6.07, 6.45) is 2.83. The third-order valence-electron chi connectivity index (χ3n) is 7.30. The van der Waals surface area contributed by atoms with E-state index in [0.717, 1.165) is 35.1 Å². The first kappa shape index (κ1) is 24.8. The van der Waals surface area contributed by atoms with Gasteiger partial charge in [0.1, 0.15) is 18.2 Å². The van der Waals surface area contributed by atoms with E-state index in [4.69, 9.17) is 4.74 Å².